The summed E-state index contributed by atoms with van der Waals surface area (Å²) in [5, 5.41) is 0. The fourth-order valence-electron chi connectivity index (χ4n) is 3.12. The minimum absolute atomic E-state index is 0.00532. The van der Waals surface area contributed by atoms with Crippen molar-refractivity contribution in [1.29, 1.82) is 0 Å². The van der Waals surface area contributed by atoms with Crippen molar-refractivity contribution in [3.63, 3.8) is 0 Å². The molecular weight excluding hydrogens is 334 g/mol. The van der Waals surface area contributed by atoms with Crippen LogP contribution in [0.15, 0.2) is 54.6 Å². The van der Waals surface area contributed by atoms with E-state index >= 15 is 0 Å². The van der Waals surface area contributed by atoms with Crippen LogP contribution in [0, 0.1) is 0 Å². The molecule has 26 heavy (non-hydrogen) atoms. The number of nitrogens with zero attached hydrogens (tertiary/aromatic N) is 1. The van der Waals surface area contributed by atoms with Crippen LogP contribution in [0.1, 0.15) is 33.2 Å². The average Bonchev–Trinajstić information content (AvgIpc) is 2.92. The van der Waals surface area contributed by atoms with Crippen LogP contribution in [0.4, 0.5) is 0 Å². The molecular formula is C20H19NO5. The molecule has 0 radical (unpaired) electrons. The van der Waals surface area contributed by atoms with Crippen molar-refractivity contribution in [1.82, 2.24) is 4.90 Å². The minimum atomic E-state index is -1.87. The molecule has 0 aromatic heterocycles. The monoisotopic (exact) mass is 353 g/mol. The molecule has 3 rings (SSSR count). The molecule has 2 aromatic rings. The highest BCUT2D eigenvalue weighted by molar-refractivity contribution is 6.23. The molecule has 2 aromatic carbocycles. The number of benzene rings is 2. The van der Waals surface area contributed by atoms with Gasteiger partial charge >= 0.3 is 5.97 Å². The first-order chi connectivity index (χ1) is 12.5. The van der Waals surface area contributed by atoms with Gasteiger partial charge in [-0.25, -0.2) is 9.69 Å². The van der Waals surface area contributed by atoms with E-state index in [2.05, 4.69) is 0 Å². The third kappa shape index (κ3) is 2.78. The van der Waals surface area contributed by atoms with Gasteiger partial charge < -0.3 is 9.47 Å². The van der Waals surface area contributed by atoms with E-state index in [9.17, 15) is 14.4 Å². The largest absolute Gasteiger partial charge is 0.462 e. The number of esters is 1. The second-order valence-electron chi connectivity index (χ2n) is 5.86. The number of amides is 2. The summed E-state index contributed by atoms with van der Waals surface area (Å²) in [4.78, 5) is 39.6. The number of methoxy groups -OCH3 is 1. The van der Waals surface area contributed by atoms with Gasteiger partial charge in [0.1, 0.15) is 0 Å². The van der Waals surface area contributed by atoms with Crippen LogP contribution >= 0.6 is 0 Å². The highest BCUT2D eigenvalue weighted by Gasteiger charge is 2.55. The molecule has 0 spiro atoms. The molecule has 0 aliphatic carbocycles. The first-order valence-electron chi connectivity index (χ1n) is 8.29. The Morgan fingerprint density at radius 3 is 2.00 bits per heavy atom. The zero-order valence-corrected chi connectivity index (χ0v) is 14.6. The van der Waals surface area contributed by atoms with Gasteiger partial charge in [0.25, 0.3) is 17.5 Å². The summed E-state index contributed by atoms with van der Waals surface area (Å²) in [6.45, 7) is 1.76. The second-order valence-corrected chi connectivity index (χ2v) is 5.86. The molecule has 0 fully saturated rings. The van der Waals surface area contributed by atoms with Crippen LogP contribution < -0.4 is 0 Å². The number of rotatable bonds is 6. The highest BCUT2D eigenvalue weighted by atomic mass is 16.6. The van der Waals surface area contributed by atoms with E-state index in [0.29, 0.717) is 0 Å². The van der Waals surface area contributed by atoms with Crippen LogP contribution in [0.3, 0.4) is 0 Å². The lowest BCUT2D eigenvalue weighted by atomic mass is 10.0. The Bertz CT molecular complexity index is 813. The van der Waals surface area contributed by atoms with E-state index in [1.807, 2.05) is 18.2 Å². The van der Waals surface area contributed by atoms with Gasteiger partial charge in [0.2, 0.25) is 0 Å². The van der Waals surface area contributed by atoms with Gasteiger partial charge in [0.15, 0.2) is 0 Å². The molecule has 134 valence electrons. The van der Waals surface area contributed by atoms with Crippen LogP contribution in [0.5, 0.6) is 0 Å². The Labute approximate surface area is 151 Å². The molecule has 6 nitrogen and oxygen atoms in total. The molecule has 6 heteroatoms. The molecule has 0 N–H and O–H groups in total. The summed E-state index contributed by atoms with van der Waals surface area (Å²) in [7, 11) is 1.30. The number of carbonyl (C=O) groups is 3. The quantitative estimate of drug-likeness (QED) is 0.589. The highest BCUT2D eigenvalue weighted by Crippen LogP contribution is 2.33. The Hall–Kier alpha value is -2.99. The van der Waals surface area contributed by atoms with Crippen LogP contribution in [0.25, 0.3) is 0 Å². The van der Waals surface area contributed by atoms with Gasteiger partial charge in [-0.05, 0) is 24.6 Å². The van der Waals surface area contributed by atoms with Crippen molar-refractivity contribution in [2.75, 3.05) is 13.7 Å². The molecule has 1 heterocycles. The van der Waals surface area contributed by atoms with E-state index in [4.69, 9.17) is 9.47 Å². The van der Waals surface area contributed by atoms with Gasteiger partial charge in [-0.2, -0.15) is 0 Å². The van der Waals surface area contributed by atoms with Gasteiger partial charge in [-0.15, -0.1) is 0 Å². The first kappa shape index (κ1) is 17.8. The molecule has 1 aliphatic rings. The SMILES string of the molecule is CCOC(=O)[C@](Cc1ccccc1)(OC)N1C(=O)c2ccccc2C1=O. The molecule has 2 amide bonds. The molecule has 0 saturated carbocycles. The molecule has 1 atom stereocenters. The maximum Gasteiger partial charge on any atom is 0.360 e. The molecule has 0 unspecified atom stereocenters. The number of fused-ring (bicyclic) bond motifs is 1. The van der Waals surface area contributed by atoms with Crippen molar-refractivity contribution in [3.8, 4) is 0 Å². The molecule has 0 saturated heterocycles. The van der Waals surface area contributed by atoms with E-state index in [0.717, 1.165) is 10.5 Å². The normalized spacial score (nSPS) is 15.5. The van der Waals surface area contributed by atoms with Crippen molar-refractivity contribution >= 4 is 17.8 Å². The van der Waals surface area contributed by atoms with Gasteiger partial charge in [-0.3, -0.25) is 9.59 Å². The lowest BCUT2D eigenvalue weighted by molar-refractivity contribution is -0.184. The van der Waals surface area contributed by atoms with Gasteiger partial charge in [0, 0.05) is 13.5 Å². The lowest BCUT2D eigenvalue weighted by Gasteiger charge is -2.36. The zero-order valence-electron chi connectivity index (χ0n) is 14.6. The van der Waals surface area contributed by atoms with Crippen LogP contribution in [0.2, 0.25) is 0 Å². The van der Waals surface area contributed by atoms with Crippen molar-refractivity contribution < 1.29 is 23.9 Å². The average molecular weight is 353 g/mol. The fourth-order valence-corrected chi connectivity index (χ4v) is 3.12. The summed E-state index contributed by atoms with van der Waals surface area (Å²) in [5.74, 6) is -1.92. The van der Waals surface area contributed by atoms with Gasteiger partial charge in [0.05, 0.1) is 17.7 Å². The third-order valence-corrected chi connectivity index (χ3v) is 4.37. The van der Waals surface area contributed by atoms with E-state index < -0.39 is 23.5 Å². The number of hydrogen-bond acceptors (Lipinski definition) is 5. The summed E-state index contributed by atoms with van der Waals surface area (Å²) in [5.41, 5.74) is -0.642. The Kier molecular flexibility index (Phi) is 4.86. The summed E-state index contributed by atoms with van der Waals surface area (Å²) in [6, 6.07) is 15.5. The molecule has 0 bridgehead atoms. The van der Waals surface area contributed by atoms with Crippen LogP contribution in [-0.2, 0) is 20.7 Å². The molecule has 1 aliphatic heterocycles. The number of imide groups is 1. The van der Waals surface area contributed by atoms with E-state index in [1.165, 1.54) is 7.11 Å². The maximum absolute atomic E-state index is 12.9. The predicted molar refractivity (Wildman–Crippen MR) is 93.5 cm³/mol. The first-order valence-corrected chi connectivity index (χ1v) is 8.29. The Balaban J connectivity index is 2.10. The summed E-state index contributed by atoms with van der Waals surface area (Å²) >= 11 is 0. The predicted octanol–water partition coefficient (Wildman–Crippen LogP) is 2.43. The van der Waals surface area contributed by atoms with E-state index in [1.54, 1.807) is 43.3 Å². The Morgan fingerprint density at radius 2 is 1.50 bits per heavy atom. The van der Waals surface area contributed by atoms with Gasteiger partial charge in [-0.1, -0.05) is 42.5 Å². The number of ether oxygens (including phenoxy) is 2. The summed E-state index contributed by atoms with van der Waals surface area (Å²) < 4.78 is 10.7. The van der Waals surface area contributed by atoms with Crippen molar-refractivity contribution in [2.45, 2.75) is 19.1 Å². The fraction of sp³-hybridized carbons (Fsp3) is 0.250. The number of hydrogen-bond donors (Lipinski definition) is 0. The van der Waals surface area contributed by atoms with Crippen LogP contribution in [-0.4, -0.2) is 42.1 Å². The standard InChI is InChI=1S/C20H19NO5/c1-3-26-19(24)20(25-2,13-14-9-5-4-6-10-14)21-17(22)15-11-7-8-12-16(15)18(21)23/h4-12H,3,13H2,1-2H3/t20-/m0/s1. The minimum Gasteiger partial charge on any atom is -0.462 e. The smallest absolute Gasteiger partial charge is 0.360 e. The van der Waals surface area contributed by atoms with E-state index in [-0.39, 0.29) is 24.2 Å². The second kappa shape index (κ2) is 7.09. The third-order valence-electron chi connectivity index (χ3n) is 4.37. The summed E-state index contributed by atoms with van der Waals surface area (Å²) in [6.07, 6.45) is -0.00532. The lowest BCUT2D eigenvalue weighted by Crippen LogP contribution is -2.60. The Morgan fingerprint density at radius 1 is 0.962 bits per heavy atom. The topological polar surface area (TPSA) is 72.9 Å². The zero-order chi connectivity index (χ0) is 18.7. The number of carbonyl (C=O) groups excluding carboxylic acids is 3. The van der Waals surface area contributed by atoms with Crippen molar-refractivity contribution in [2.24, 2.45) is 0 Å². The maximum atomic E-state index is 12.9. The van der Waals surface area contributed by atoms with Crippen molar-refractivity contribution in [3.05, 3.63) is 71.3 Å².